The molecule has 0 aliphatic heterocycles. The van der Waals surface area contributed by atoms with E-state index in [4.69, 9.17) is 0 Å². The number of hydrogen-bond donors (Lipinski definition) is 1. The SMILES string of the molecule is CC#CCCCC(C)NCCC. The highest BCUT2D eigenvalue weighted by Crippen LogP contribution is 1.99. The van der Waals surface area contributed by atoms with E-state index in [-0.39, 0.29) is 0 Å². The van der Waals surface area contributed by atoms with Gasteiger partial charge in [0.25, 0.3) is 0 Å². The molecule has 1 nitrogen and oxygen atoms in total. The van der Waals surface area contributed by atoms with Gasteiger partial charge in [-0.2, -0.15) is 0 Å². The smallest absolute Gasteiger partial charge is 0.00891 e. The maximum Gasteiger partial charge on any atom is 0.00891 e. The first-order chi connectivity index (χ1) is 5.81. The van der Waals surface area contributed by atoms with E-state index in [2.05, 4.69) is 31.0 Å². The van der Waals surface area contributed by atoms with Gasteiger partial charge >= 0.3 is 0 Å². The molecule has 0 rings (SSSR count). The van der Waals surface area contributed by atoms with Crippen LogP contribution in [0.3, 0.4) is 0 Å². The van der Waals surface area contributed by atoms with E-state index in [1.807, 2.05) is 6.92 Å². The van der Waals surface area contributed by atoms with E-state index in [0.29, 0.717) is 6.04 Å². The van der Waals surface area contributed by atoms with Crippen molar-refractivity contribution in [2.45, 2.75) is 52.5 Å². The monoisotopic (exact) mass is 167 g/mol. The maximum atomic E-state index is 3.46. The van der Waals surface area contributed by atoms with Gasteiger partial charge < -0.3 is 5.32 Å². The molecule has 0 aromatic heterocycles. The van der Waals surface area contributed by atoms with Gasteiger partial charge in [0.15, 0.2) is 0 Å². The molecule has 0 fully saturated rings. The van der Waals surface area contributed by atoms with Crippen molar-refractivity contribution >= 4 is 0 Å². The molecule has 0 radical (unpaired) electrons. The summed E-state index contributed by atoms with van der Waals surface area (Å²) < 4.78 is 0. The Morgan fingerprint density at radius 2 is 2.17 bits per heavy atom. The van der Waals surface area contributed by atoms with Gasteiger partial charge in [-0.15, -0.1) is 11.8 Å². The van der Waals surface area contributed by atoms with Crippen LogP contribution in [0.5, 0.6) is 0 Å². The summed E-state index contributed by atoms with van der Waals surface area (Å²) in [6.07, 6.45) is 4.74. The van der Waals surface area contributed by atoms with Gasteiger partial charge in [-0.3, -0.25) is 0 Å². The molecule has 1 unspecified atom stereocenters. The fourth-order valence-electron chi connectivity index (χ4n) is 1.11. The van der Waals surface area contributed by atoms with Crippen molar-refractivity contribution in [3.8, 4) is 11.8 Å². The normalized spacial score (nSPS) is 11.9. The first-order valence-electron chi connectivity index (χ1n) is 4.94. The van der Waals surface area contributed by atoms with Crippen molar-refractivity contribution < 1.29 is 0 Å². The third kappa shape index (κ3) is 7.63. The molecule has 0 amide bonds. The molecule has 12 heavy (non-hydrogen) atoms. The lowest BCUT2D eigenvalue weighted by Crippen LogP contribution is -2.26. The number of unbranched alkanes of at least 4 members (excludes halogenated alkanes) is 1. The Kier molecular flexibility index (Phi) is 8.27. The zero-order valence-electron chi connectivity index (χ0n) is 8.61. The van der Waals surface area contributed by atoms with Crippen LogP contribution in [-0.4, -0.2) is 12.6 Å². The summed E-state index contributed by atoms with van der Waals surface area (Å²) in [6.45, 7) is 7.48. The summed E-state index contributed by atoms with van der Waals surface area (Å²) >= 11 is 0. The van der Waals surface area contributed by atoms with Crippen molar-refractivity contribution in [3.63, 3.8) is 0 Å². The van der Waals surface area contributed by atoms with Crippen LogP contribution >= 0.6 is 0 Å². The van der Waals surface area contributed by atoms with Crippen LogP contribution in [0.2, 0.25) is 0 Å². The standard InChI is InChI=1S/C11H21N/c1-4-6-7-8-9-11(3)12-10-5-2/h11-12H,5,7-10H2,1-3H3. The highest BCUT2D eigenvalue weighted by Gasteiger charge is 1.97. The van der Waals surface area contributed by atoms with Crippen molar-refractivity contribution in [3.05, 3.63) is 0 Å². The van der Waals surface area contributed by atoms with Crippen LogP contribution in [0.25, 0.3) is 0 Å². The quantitative estimate of drug-likeness (QED) is 0.473. The van der Waals surface area contributed by atoms with Crippen molar-refractivity contribution in [1.29, 1.82) is 0 Å². The second kappa shape index (κ2) is 8.62. The van der Waals surface area contributed by atoms with Crippen molar-refractivity contribution in [2.75, 3.05) is 6.54 Å². The molecule has 1 atom stereocenters. The van der Waals surface area contributed by atoms with Crippen LogP contribution < -0.4 is 5.32 Å². The first kappa shape index (κ1) is 11.5. The zero-order chi connectivity index (χ0) is 9.23. The Balaban J connectivity index is 3.17. The summed E-state index contributed by atoms with van der Waals surface area (Å²) in [4.78, 5) is 0. The Hall–Kier alpha value is -0.480. The molecule has 0 aromatic rings. The minimum atomic E-state index is 0.656. The molecule has 1 heteroatoms. The lowest BCUT2D eigenvalue weighted by Gasteiger charge is -2.11. The highest BCUT2D eigenvalue weighted by atomic mass is 14.9. The summed E-state index contributed by atoms with van der Waals surface area (Å²) in [5.41, 5.74) is 0. The lowest BCUT2D eigenvalue weighted by atomic mass is 10.1. The molecule has 70 valence electrons. The summed E-state index contributed by atoms with van der Waals surface area (Å²) in [6, 6.07) is 0.656. The van der Waals surface area contributed by atoms with Crippen molar-refractivity contribution in [1.82, 2.24) is 5.32 Å². The maximum absolute atomic E-state index is 3.46. The van der Waals surface area contributed by atoms with Gasteiger partial charge in [0.1, 0.15) is 0 Å². The largest absolute Gasteiger partial charge is 0.314 e. The number of hydrogen-bond acceptors (Lipinski definition) is 1. The molecule has 0 aliphatic rings. The molecule has 0 bridgehead atoms. The topological polar surface area (TPSA) is 12.0 Å². The van der Waals surface area contributed by atoms with Crippen LogP contribution in [0.15, 0.2) is 0 Å². The third-order valence-corrected chi connectivity index (χ3v) is 1.86. The van der Waals surface area contributed by atoms with E-state index in [0.717, 1.165) is 13.0 Å². The summed E-state index contributed by atoms with van der Waals surface area (Å²) in [5.74, 6) is 6.00. The van der Waals surface area contributed by atoms with E-state index < -0.39 is 0 Å². The van der Waals surface area contributed by atoms with E-state index in [1.54, 1.807) is 0 Å². The van der Waals surface area contributed by atoms with E-state index in [1.165, 1.54) is 19.3 Å². The predicted octanol–water partition coefficient (Wildman–Crippen LogP) is 2.57. The van der Waals surface area contributed by atoms with E-state index in [9.17, 15) is 0 Å². The Bertz CT molecular complexity index is 141. The fourth-order valence-corrected chi connectivity index (χ4v) is 1.11. The third-order valence-electron chi connectivity index (χ3n) is 1.86. The van der Waals surface area contributed by atoms with Gasteiger partial charge in [0.2, 0.25) is 0 Å². The average molecular weight is 167 g/mol. The molecule has 0 spiro atoms. The van der Waals surface area contributed by atoms with Crippen LogP contribution in [0, 0.1) is 11.8 Å². The Morgan fingerprint density at radius 1 is 1.42 bits per heavy atom. The second-order valence-corrected chi connectivity index (χ2v) is 3.17. The minimum absolute atomic E-state index is 0.656. The highest BCUT2D eigenvalue weighted by molar-refractivity contribution is 4.94. The van der Waals surface area contributed by atoms with Gasteiger partial charge in [0, 0.05) is 12.5 Å². The first-order valence-corrected chi connectivity index (χ1v) is 4.94. The molecular formula is C11H21N. The zero-order valence-corrected chi connectivity index (χ0v) is 8.61. The van der Waals surface area contributed by atoms with Gasteiger partial charge in [-0.25, -0.2) is 0 Å². The Morgan fingerprint density at radius 3 is 2.75 bits per heavy atom. The van der Waals surface area contributed by atoms with Crippen LogP contribution in [-0.2, 0) is 0 Å². The summed E-state index contributed by atoms with van der Waals surface area (Å²) in [5, 5.41) is 3.46. The predicted molar refractivity (Wildman–Crippen MR) is 55.1 cm³/mol. The van der Waals surface area contributed by atoms with Gasteiger partial charge in [0.05, 0.1) is 0 Å². The average Bonchev–Trinajstić information content (AvgIpc) is 2.09. The van der Waals surface area contributed by atoms with Crippen molar-refractivity contribution in [2.24, 2.45) is 0 Å². The molecular weight excluding hydrogens is 146 g/mol. The van der Waals surface area contributed by atoms with E-state index >= 15 is 0 Å². The summed E-state index contributed by atoms with van der Waals surface area (Å²) in [7, 11) is 0. The second-order valence-electron chi connectivity index (χ2n) is 3.17. The molecule has 0 heterocycles. The molecule has 1 N–H and O–H groups in total. The molecule has 0 saturated carbocycles. The van der Waals surface area contributed by atoms with Crippen LogP contribution in [0.4, 0.5) is 0 Å². The molecule has 0 saturated heterocycles. The van der Waals surface area contributed by atoms with Crippen LogP contribution in [0.1, 0.15) is 46.5 Å². The fraction of sp³-hybridized carbons (Fsp3) is 0.818. The lowest BCUT2D eigenvalue weighted by molar-refractivity contribution is 0.501. The number of nitrogens with one attached hydrogen (secondary N) is 1. The van der Waals surface area contributed by atoms with Gasteiger partial charge in [-0.1, -0.05) is 6.92 Å². The number of rotatable bonds is 6. The minimum Gasteiger partial charge on any atom is -0.314 e. The Labute approximate surface area is 76.9 Å². The molecule has 0 aliphatic carbocycles. The molecule has 0 aromatic carbocycles. The van der Waals surface area contributed by atoms with Gasteiger partial charge in [-0.05, 0) is 39.7 Å².